The standard InChI is InChI=1S/C15H20ClN3O2S/c1-10(9-15-11(2)17-19(4)12(15)3)18-22(20,21)14-7-5-13(16)6-8-14/h5-8,10,18H,9H2,1-4H3. The van der Waals surface area contributed by atoms with Crippen molar-refractivity contribution in [1.82, 2.24) is 14.5 Å². The van der Waals surface area contributed by atoms with Crippen LogP contribution in [-0.2, 0) is 23.5 Å². The zero-order chi connectivity index (χ0) is 16.5. The van der Waals surface area contributed by atoms with Crippen LogP contribution in [0.4, 0.5) is 0 Å². The monoisotopic (exact) mass is 341 g/mol. The number of rotatable bonds is 5. The minimum Gasteiger partial charge on any atom is -0.272 e. The first-order chi connectivity index (χ1) is 10.2. The second-order valence-electron chi connectivity index (χ2n) is 5.45. The van der Waals surface area contributed by atoms with Gasteiger partial charge in [0.05, 0.1) is 10.6 Å². The van der Waals surface area contributed by atoms with E-state index < -0.39 is 10.0 Å². The van der Waals surface area contributed by atoms with E-state index in [1.165, 1.54) is 12.1 Å². The van der Waals surface area contributed by atoms with Crippen LogP contribution < -0.4 is 4.72 Å². The second kappa shape index (κ2) is 6.40. The van der Waals surface area contributed by atoms with Gasteiger partial charge in [-0.3, -0.25) is 4.68 Å². The van der Waals surface area contributed by atoms with Crippen molar-refractivity contribution in [3.05, 3.63) is 46.2 Å². The Labute approximate surface area is 136 Å². The first kappa shape index (κ1) is 17.0. The van der Waals surface area contributed by atoms with Crippen LogP contribution in [0, 0.1) is 13.8 Å². The van der Waals surface area contributed by atoms with Gasteiger partial charge in [-0.05, 0) is 57.0 Å². The lowest BCUT2D eigenvalue weighted by molar-refractivity contribution is 0.559. The van der Waals surface area contributed by atoms with Crippen molar-refractivity contribution >= 4 is 21.6 Å². The summed E-state index contributed by atoms with van der Waals surface area (Å²) < 4.78 is 29.2. The van der Waals surface area contributed by atoms with Gasteiger partial charge in [0.2, 0.25) is 10.0 Å². The van der Waals surface area contributed by atoms with Crippen LogP contribution in [0.5, 0.6) is 0 Å². The van der Waals surface area contributed by atoms with Gasteiger partial charge in [0.15, 0.2) is 0 Å². The minimum atomic E-state index is -3.55. The van der Waals surface area contributed by atoms with E-state index >= 15 is 0 Å². The summed E-state index contributed by atoms with van der Waals surface area (Å²) in [6, 6.07) is 5.89. The molecular formula is C15H20ClN3O2S. The number of hydrogen-bond donors (Lipinski definition) is 1. The Morgan fingerprint density at radius 1 is 1.27 bits per heavy atom. The van der Waals surface area contributed by atoms with Crippen molar-refractivity contribution < 1.29 is 8.42 Å². The van der Waals surface area contributed by atoms with E-state index in [1.54, 1.807) is 12.1 Å². The Morgan fingerprint density at radius 2 is 1.86 bits per heavy atom. The van der Waals surface area contributed by atoms with Gasteiger partial charge < -0.3 is 0 Å². The molecule has 1 aromatic carbocycles. The SMILES string of the molecule is Cc1nn(C)c(C)c1CC(C)NS(=O)(=O)c1ccc(Cl)cc1. The van der Waals surface area contributed by atoms with E-state index in [9.17, 15) is 8.42 Å². The molecule has 0 spiro atoms. The van der Waals surface area contributed by atoms with Crippen LogP contribution >= 0.6 is 11.6 Å². The molecule has 120 valence electrons. The molecule has 1 N–H and O–H groups in total. The first-order valence-corrected chi connectivity index (χ1v) is 8.84. The van der Waals surface area contributed by atoms with E-state index in [1.807, 2.05) is 32.5 Å². The third-order valence-corrected chi connectivity index (χ3v) is 5.51. The molecule has 1 aromatic heterocycles. The predicted octanol–water partition coefficient (Wildman–Crippen LogP) is 2.60. The Kier molecular flexibility index (Phi) is 4.94. The predicted molar refractivity (Wildman–Crippen MR) is 87.6 cm³/mol. The van der Waals surface area contributed by atoms with Crippen LogP contribution in [0.1, 0.15) is 23.9 Å². The lowest BCUT2D eigenvalue weighted by Gasteiger charge is -2.14. The summed E-state index contributed by atoms with van der Waals surface area (Å²) in [7, 11) is -1.67. The molecule has 0 aliphatic rings. The number of aryl methyl sites for hydroxylation is 2. The fraction of sp³-hybridized carbons (Fsp3) is 0.400. The van der Waals surface area contributed by atoms with E-state index in [0.29, 0.717) is 11.4 Å². The van der Waals surface area contributed by atoms with Crippen LogP contribution in [0.15, 0.2) is 29.2 Å². The maximum atomic E-state index is 12.3. The average molecular weight is 342 g/mol. The molecule has 0 saturated heterocycles. The van der Waals surface area contributed by atoms with Gasteiger partial charge in [0, 0.05) is 23.8 Å². The van der Waals surface area contributed by atoms with Gasteiger partial charge in [0.25, 0.3) is 0 Å². The highest BCUT2D eigenvalue weighted by Crippen LogP contribution is 2.17. The summed E-state index contributed by atoms with van der Waals surface area (Å²) in [5.41, 5.74) is 3.06. The first-order valence-electron chi connectivity index (χ1n) is 6.97. The van der Waals surface area contributed by atoms with Gasteiger partial charge >= 0.3 is 0 Å². The van der Waals surface area contributed by atoms with Crippen molar-refractivity contribution in [3.8, 4) is 0 Å². The largest absolute Gasteiger partial charge is 0.272 e. The molecule has 0 fully saturated rings. The van der Waals surface area contributed by atoms with E-state index in [-0.39, 0.29) is 10.9 Å². The summed E-state index contributed by atoms with van der Waals surface area (Å²) in [6.45, 7) is 5.76. The molecule has 0 aliphatic heterocycles. The molecule has 7 heteroatoms. The number of aromatic nitrogens is 2. The van der Waals surface area contributed by atoms with Crippen LogP contribution in [0.2, 0.25) is 5.02 Å². The molecule has 0 aliphatic carbocycles. The molecule has 1 atom stereocenters. The lowest BCUT2D eigenvalue weighted by atomic mass is 10.1. The van der Waals surface area contributed by atoms with E-state index in [0.717, 1.165) is 17.0 Å². The molecule has 0 bridgehead atoms. The highest BCUT2D eigenvalue weighted by atomic mass is 35.5. The molecule has 22 heavy (non-hydrogen) atoms. The van der Waals surface area contributed by atoms with Crippen LogP contribution in [0.3, 0.4) is 0 Å². The van der Waals surface area contributed by atoms with Crippen molar-refractivity contribution in [2.45, 2.75) is 38.1 Å². The number of benzene rings is 1. The third kappa shape index (κ3) is 3.69. The van der Waals surface area contributed by atoms with E-state index in [2.05, 4.69) is 9.82 Å². The molecule has 0 amide bonds. The third-order valence-electron chi connectivity index (χ3n) is 3.65. The molecule has 2 aromatic rings. The normalized spacial score (nSPS) is 13.3. The Balaban J connectivity index is 2.14. The van der Waals surface area contributed by atoms with Crippen molar-refractivity contribution in [3.63, 3.8) is 0 Å². The molecule has 1 unspecified atom stereocenters. The Hall–Kier alpha value is -1.37. The molecule has 5 nitrogen and oxygen atoms in total. The number of nitrogens with zero attached hydrogens (tertiary/aromatic N) is 2. The van der Waals surface area contributed by atoms with Crippen LogP contribution in [-0.4, -0.2) is 24.2 Å². The van der Waals surface area contributed by atoms with E-state index in [4.69, 9.17) is 11.6 Å². The van der Waals surface area contributed by atoms with Gasteiger partial charge in [0.1, 0.15) is 0 Å². The van der Waals surface area contributed by atoms with Gasteiger partial charge in [-0.25, -0.2) is 13.1 Å². The number of hydrogen-bond acceptors (Lipinski definition) is 3. The zero-order valence-corrected chi connectivity index (χ0v) is 14.7. The smallest absolute Gasteiger partial charge is 0.240 e. The highest BCUT2D eigenvalue weighted by molar-refractivity contribution is 7.89. The summed E-state index contributed by atoms with van der Waals surface area (Å²) in [5.74, 6) is 0. The molecule has 0 saturated carbocycles. The van der Waals surface area contributed by atoms with Gasteiger partial charge in [-0.1, -0.05) is 11.6 Å². The topological polar surface area (TPSA) is 64.0 Å². The highest BCUT2D eigenvalue weighted by Gasteiger charge is 2.19. The minimum absolute atomic E-state index is 0.211. The average Bonchev–Trinajstić information content (AvgIpc) is 2.65. The van der Waals surface area contributed by atoms with Crippen molar-refractivity contribution in [1.29, 1.82) is 0 Å². The summed E-state index contributed by atoms with van der Waals surface area (Å²) >= 11 is 5.79. The Bertz CT molecular complexity index is 767. The van der Waals surface area contributed by atoms with Crippen molar-refractivity contribution in [2.75, 3.05) is 0 Å². The second-order valence-corrected chi connectivity index (χ2v) is 7.60. The van der Waals surface area contributed by atoms with Gasteiger partial charge in [-0.15, -0.1) is 0 Å². The lowest BCUT2D eigenvalue weighted by Crippen LogP contribution is -2.34. The number of nitrogens with one attached hydrogen (secondary N) is 1. The maximum Gasteiger partial charge on any atom is 0.240 e. The number of sulfonamides is 1. The fourth-order valence-electron chi connectivity index (χ4n) is 2.41. The molecular weight excluding hydrogens is 322 g/mol. The maximum absolute atomic E-state index is 12.3. The molecule has 1 heterocycles. The molecule has 2 rings (SSSR count). The summed E-state index contributed by atoms with van der Waals surface area (Å²) in [6.07, 6.45) is 0.596. The molecule has 0 radical (unpaired) electrons. The van der Waals surface area contributed by atoms with Gasteiger partial charge in [-0.2, -0.15) is 5.10 Å². The summed E-state index contributed by atoms with van der Waals surface area (Å²) in [4.78, 5) is 0.211. The van der Waals surface area contributed by atoms with Crippen LogP contribution in [0.25, 0.3) is 0 Å². The van der Waals surface area contributed by atoms with Crippen molar-refractivity contribution in [2.24, 2.45) is 7.05 Å². The Morgan fingerprint density at radius 3 is 2.36 bits per heavy atom. The fourth-order valence-corrected chi connectivity index (χ4v) is 3.78. The summed E-state index contributed by atoms with van der Waals surface area (Å²) in [5, 5.41) is 4.86. The quantitative estimate of drug-likeness (QED) is 0.909. The zero-order valence-electron chi connectivity index (χ0n) is 13.1. The number of halogens is 1.